The Labute approximate surface area is 580 Å². The van der Waals surface area contributed by atoms with Crippen molar-refractivity contribution in [1.29, 1.82) is 0 Å². The number of likely N-dealkylation sites (N-methyl/N-ethyl adjacent to an activating group) is 1. The van der Waals surface area contributed by atoms with E-state index in [1.807, 2.05) is 62.2 Å². The van der Waals surface area contributed by atoms with Crippen molar-refractivity contribution in [3.63, 3.8) is 0 Å². The van der Waals surface area contributed by atoms with Gasteiger partial charge in [-0.15, -0.1) is 0 Å². The van der Waals surface area contributed by atoms with Crippen molar-refractivity contribution in [1.82, 2.24) is 24.0 Å². The fourth-order valence-electron chi connectivity index (χ4n) is 13.2. The summed E-state index contributed by atoms with van der Waals surface area (Å²) >= 11 is 0. The molecule has 1 N–H and O–H groups in total. The average Bonchev–Trinajstić information content (AvgIpc) is 1.16. The highest BCUT2D eigenvalue weighted by molar-refractivity contribution is 5.69. The summed E-state index contributed by atoms with van der Waals surface area (Å²) in [6.45, 7) is 42.1. The van der Waals surface area contributed by atoms with Crippen LogP contribution in [0.3, 0.4) is 0 Å². The maximum atomic E-state index is 12.1. The molecule has 2 aromatic heterocycles. The van der Waals surface area contributed by atoms with Gasteiger partial charge in [-0.2, -0.15) is 0 Å². The van der Waals surface area contributed by atoms with Crippen molar-refractivity contribution in [2.45, 2.75) is 209 Å². The maximum absolute atomic E-state index is 12.1. The molecule has 520 valence electrons. The summed E-state index contributed by atoms with van der Waals surface area (Å²) in [6, 6.07) is 28.1. The van der Waals surface area contributed by atoms with Gasteiger partial charge >= 0.3 is 5.97 Å². The second-order valence-electron chi connectivity index (χ2n) is 33.4. The lowest BCUT2D eigenvalue weighted by Crippen LogP contribution is -2.30. The Bertz CT molecular complexity index is 3930. The molecule has 0 radical (unpaired) electrons. The Balaban J connectivity index is 1.44. The van der Waals surface area contributed by atoms with Gasteiger partial charge in [0.15, 0.2) is 0 Å². The van der Waals surface area contributed by atoms with Gasteiger partial charge in [0.05, 0.1) is 27.9 Å². The van der Waals surface area contributed by atoms with Crippen LogP contribution in [0.25, 0.3) is 0 Å². The molecule has 8 aromatic rings. The molecule has 97 heavy (non-hydrogen) atoms. The molecule has 0 unspecified atom stereocenters. The van der Waals surface area contributed by atoms with E-state index in [1.165, 1.54) is 27.8 Å². The zero-order valence-corrected chi connectivity index (χ0v) is 63.1. The molecule has 0 aliphatic heterocycles. The van der Waals surface area contributed by atoms with E-state index in [0.717, 1.165) is 118 Å². The number of fused-ring (bicyclic) bond motifs is 12. The number of hydrogen-bond acceptors (Lipinski definition) is 10. The maximum Gasteiger partial charge on any atom is 0.317 e. The summed E-state index contributed by atoms with van der Waals surface area (Å²) in [5.41, 5.74) is 17.8. The van der Waals surface area contributed by atoms with Crippen LogP contribution in [0.2, 0.25) is 0 Å². The molecule has 0 saturated carbocycles. The molecule has 13 nitrogen and oxygen atoms in total. The summed E-state index contributed by atoms with van der Waals surface area (Å²) in [7, 11) is 11.3. The van der Waals surface area contributed by atoms with Gasteiger partial charge in [-0.3, -0.25) is 9.69 Å². The Hall–Kier alpha value is -8.03. The molecule has 0 spiro atoms. The molecular formula is C84H111N5O8. The minimum absolute atomic E-state index is 0.115. The third-order valence-corrected chi connectivity index (χ3v) is 19.2. The van der Waals surface area contributed by atoms with Crippen LogP contribution >= 0.6 is 0 Å². The summed E-state index contributed by atoms with van der Waals surface area (Å²) in [5, 5.41) is 9.91. The number of ether oxygens (including phenoxy) is 6. The lowest BCUT2D eigenvalue weighted by molar-refractivity contribution is -0.138. The van der Waals surface area contributed by atoms with Crippen molar-refractivity contribution in [2.24, 2.45) is 14.1 Å². The van der Waals surface area contributed by atoms with Crippen molar-refractivity contribution >= 4 is 5.97 Å². The number of aromatic nitrogens is 4. The van der Waals surface area contributed by atoms with E-state index in [1.54, 1.807) is 19.1 Å². The van der Waals surface area contributed by atoms with Gasteiger partial charge in [0, 0.05) is 84.0 Å². The van der Waals surface area contributed by atoms with Gasteiger partial charge in [-0.05, 0) is 140 Å². The van der Waals surface area contributed by atoms with Crippen LogP contribution in [0.4, 0.5) is 0 Å². The third-order valence-electron chi connectivity index (χ3n) is 19.2. The van der Waals surface area contributed by atoms with E-state index in [9.17, 15) is 9.90 Å². The molecule has 13 heteroatoms. The molecule has 1 aliphatic rings. The molecule has 1 aliphatic carbocycles. The molecule has 0 saturated heterocycles. The van der Waals surface area contributed by atoms with E-state index >= 15 is 0 Å². The number of aliphatic carboxylic acids is 1. The standard InChI is InChI=1S/C84H111N5O8/c1-79(2,3)64-37-52-31-58-43-67(82(10,11)12)44-59(76(58)95-30-29-87(19)49-72(90)91)32-53-38-65(80(4,5)6)40-55(74(53)93-23)34-61-46-69(84(16,17)18)48-63(78(61)97-51-71-86-26-28-89(71)21)36-57-42-66(81(7,8)9)41-56(75(57)94-24)35-62-47-68(83(13,14)15)45-60(33-54(39-64)73(52)92-22)77(62)96-50-70-85-25-27-88(70)20/h25-28,37-48H,29-36,49-51H2,1-24H3,(H,90,91). The highest BCUT2D eigenvalue weighted by atomic mass is 16.5. The third kappa shape index (κ3) is 17.3. The monoisotopic (exact) mass is 1320 g/mol. The summed E-state index contributed by atoms with van der Waals surface area (Å²) in [5.74, 6) is 5.49. The zero-order valence-electron chi connectivity index (χ0n) is 63.1. The first-order chi connectivity index (χ1) is 45.2. The average molecular weight is 1320 g/mol. The molecule has 0 atom stereocenters. The van der Waals surface area contributed by atoms with Gasteiger partial charge in [0.1, 0.15) is 66.0 Å². The first-order valence-electron chi connectivity index (χ1n) is 34.5. The van der Waals surface area contributed by atoms with Gasteiger partial charge in [0.25, 0.3) is 0 Å². The second-order valence-corrected chi connectivity index (χ2v) is 33.4. The Kier molecular flexibility index (Phi) is 21.5. The van der Waals surface area contributed by atoms with Crippen LogP contribution in [0, 0.1) is 0 Å². The van der Waals surface area contributed by atoms with Gasteiger partial charge in [0.2, 0.25) is 0 Å². The Morgan fingerprint density at radius 1 is 0.392 bits per heavy atom. The fourth-order valence-corrected chi connectivity index (χ4v) is 13.2. The number of methoxy groups -OCH3 is 3. The molecular weight excluding hydrogens is 1210 g/mol. The minimum atomic E-state index is -0.893. The number of rotatable bonds is 15. The second kappa shape index (κ2) is 28.4. The van der Waals surface area contributed by atoms with Crippen LogP contribution < -0.4 is 28.4 Å². The number of benzene rings is 6. The van der Waals surface area contributed by atoms with E-state index in [2.05, 4.69) is 197 Å². The molecule has 0 amide bonds. The van der Waals surface area contributed by atoms with E-state index in [0.29, 0.717) is 45.1 Å². The highest BCUT2D eigenvalue weighted by Gasteiger charge is 2.32. The number of aryl methyl sites for hydroxylation is 2. The normalized spacial score (nSPS) is 13.5. The Morgan fingerprint density at radius 3 is 0.794 bits per heavy atom. The van der Waals surface area contributed by atoms with Crippen molar-refractivity contribution in [2.75, 3.05) is 48.1 Å². The van der Waals surface area contributed by atoms with Crippen LogP contribution in [0.1, 0.15) is 236 Å². The number of nitrogens with zero attached hydrogens (tertiary/aromatic N) is 5. The number of carboxylic acids is 1. The van der Waals surface area contributed by atoms with E-state index in [4.69, 9.17) is 38.4 Å². The van der Waals surface area contributed by atoms with Crippen LogP contribution in [-0.2, 0) is 103 Å². The molecule has 12 bridgehead atoms. The predicted molar refractivity (Wildman–Crippen MR) is 393 cm³/mol. The van der Waals surface area contributed by atoms with Crippen LogP contribution in [-0.4, -0.2) is 83.2 Å². The predicted octanol–water partition coefficient (Wildman–Crippen LogP) is 17.4. The van der Waals surface area contributed by atoms with Crippen LogP contribution in [0.15, 0.2) is 97.6 Å². The quantitative estimate of drug-likeness (QED) is 0.105. The number of hydrogen-bond donors (Lipinski definition) is 1. The van der Waals surface area contributed by atoms with Gasteiger partial charge in [-0.1, -0.05) is 197 Å². The Morgan fingerprint density at radius 2 is 0.608 bits per heavy atom. The molecule has 2 heterocycles. The largest absolute Gasteiger partial charge is 0.496 e. The summed E-state index contributed by atoms with van der Waals surface area (Å²) in [6.07, 6.45) is 10.5. The topological polar surface area (TPSA) is 132 Å². The first kappa shape index (κ1) is 73.2. The van der Waals surface area contributed by atoms with Crippen molar-refractivity contribution in [3.8, 4) is 34.5 Å². The minimum Gasteiger partial charge on any atom is -0.496 e. The SMILES string of the molecule is COc1c2cc(C(C)(C)C)cc1Cc1cc(C(C)(C)C)cc(c1OCc1nccn1C)Cc1cc(C(C)(C)C)cc(c1OC)Cc1cc(C(C)(C)C)cc(c1OCc1nccn1C)Cc1cc(C(C)(C)C)cc(c1OC)Cc1cc(C(C)(C)C)cc(c1OCCN(C)CC(=O)O)C2. The van der Waals surface area contributed by atoms with Crippen molar-refractivity contribution in [3.05, 3.63) is 209 Å². The smallest absolute Gasteiger partial charge is 0.317 e. The van der Waals surface area contributed by atoms with Crippen molar-refractivity contribution < 1.29 is 38.3 Å². The van der Waals surface area contributed by atoms with Gasteiger partial charge in [-0.25, -0.2) is 9.97 Å². The molecule has 0 fully saturated rings. The number of carboxylic acid groups (broad SMARTS) is 1. The van der Waals surface area contributed by atoms with E-state index < -0.39 is 5.97 Å². The number of carbonyl (C=O) groups is 1. The summed E-state index contributed by atoms with van der Waals surface area (Å²) < 4.78 is 46.4. The lowest BCUT2D eigenvalue weighted by atomic mass is 9.79. The highest BCUT2D eigenvalue weighted by Crippen LogP contribution is 2.46. The lowest BCUT2D eigenvalue weighted by Gasteiger charge is -2.29. The zero-order chi connectivity index (χ0) is 71.1. The number of imidazole rings is 2. The van der Waals surface area contributed by atoms with E-state index in [-0.39, 0.29) is 58.9 Å². The molecule has 9 rings (SSSR count). The molecule has 6 aromatic carbocycles. The van der Waals surface area contributed by atoms with Gasteiger partial charge < -0.3 is 42.7 Å². The fraction of sp³-hybridized carbons (Fsp3) is 0.488. The first-order valence-corrected chi connectivity index (χ1v) is 34.5. The van der Waals surface area contributed by atoms with Crippen LogP contribution in [0.5, 0.6) is 34.5 Å². The summed E-state index contributed by atoms with van der Waals surface area (Å²) in [4.78, 5) is 23.4.